The van der Waals surface area contributed by atoms with E-state index in [0.717, 1.165) is 5.56 Å². The molecule has 174 valence electrons. The minimum Gasteiger partial charge on any atom is -0.497 e. The summed E-state index contributed by atoms with van der Waals surface area (Å²) in [5, 5.41) is 16.3. The number of carbonyl (C=O) groups excluding carboxylic acids is 2. The first-order valence-corrected chi connectivity index (χ1v) is 10.2. The highest BCUT2D eigenvalue weighted by molar-refractivity contribution is 6.11. The smallest absolute Gasteiger partial charge is 0.272 e. The minimum absolute atomic E-state index is 0.0572. The third-order valence-electron chi connectivity index (χ3n) is 4.84. The normalized spacial score (nSPS) is 10.9. The molecule has 0 bridgehead atoms. The molecule has 0 aliphatic rings. The van der Waals surface area contributed by atoms with Gasteiger partial charge in [0.2, 0.25) is 0 Å². The number of rotatable bonds is 8. The van der Waals surface area contributed by atoms with E-state index in [0.29, 0.717) is 28.3 Å². The molecule has 0 atom stereocenters. The SMILES string of the molecule is COc1ccc(NC(=O)C(=Cc2ccc([N+](=O)[O-])cc2)NC(=O)c2cccc(C)c2)c(OC)c1. The van der Waals surface area contributed by atoms with Crippen molar-refractivity contribution in [1.29, 1.82) is 0 Å². The zero-order chi connectivity index (χ0) is 24.7. The highest BCUT2D eigenvalue weighted by Gasteiger charge is 2.17. The number of non-ortho nitro benzene ring substituents is 1. The number of ether oxygens (including phenoxy) is 2. The second-order valence-electron chi connectivity index (χ2n) is 7.25. The number of nitro groups is 1. The number of benzene rings is 3. The average Bonchev–Trinajstić information content (AvgIpc) is 2.84. The highest BCUT2D eigenvalue weighted by atomic mass is 16.6. The van der Waals surface area contributed by atoms with Gasteiger partial charge in [-0.1, -0.05) is 17.7 Å². The van der Waals surface area contributed by atoms with Gasteiger partial charge in [-0.2, -0.15) is 0 Å². The zero-order valence-electron chi connectivity index (χ0n) is 18.8. The first-order valence-electron chi connectivity index (χ1n) is 10.2. The summed E-state index contributed by atoms with van der Waals surface area (Å²) >= 11 is 0. The third kappa shape index (κ3) is 5.98. The van der Waals surface area contributed by atoms with E-state index in [1.807, 2.05) is 13.0 Å². The van der Waals surface area contributed by atoms with Gasteiger partial charge in [-0.05, 0) is 55.0 Å². The van der Waals surface area contributed by atoms with Crippen LogP contribution in [0.1, 0.15) is 21.5 Å². The Morgan fingerprint density at radius 2 is 1.71 bits per heavy atom. The van der Waals surface area contributed by atoms with Crippen LogP contribution >= 0.6 is 0 Å². The van der Waals surface area contributed by atoms with Crippen molar-refractivity contribution >= 4 is 29.3 Å². The number of nitrogens with one attached hydrogen (secondary N) is 2. The number of aryl methyl sites for hydroxylation is 1. The molecule has 0 saturated heterocycles. The molecule has 0 fully saturated rings. The Hall–Kier alpha value is -4.66. The number of methoxy groups -OCH3 is 2. The van der Waals surface area contributed by atoms with Crippen LogP contribution in [0, 0.1) is 17.0 Å². The largest absolute Gasteiger partial charge is 0.497 e. The van der Waals surface area contributed by atoms with Gasteiger partial charge in [0.15, 0.2) is 0 Å². The van der Waals surface area contributed by atoms with Crippen molar-refractivity contribution in [3.63, 3.8) is 0 Å². The Bertz CT molecular complexity index is 1250. The molecular weight excluding hydrogens is 438 g/mol. The molecule has 0 spiro atoms. The molecular formula is C25H23N3O6. The number of nitrogens with zero attached hydrogens (tertiary/aromatic N) is 1. The molecule has 0 saturated carbocycles. The van der Waals surface area contributed by atoms with Gasteiger partial charge in [0, 0.05) is 23.8 Å². The molecule has 3 aromatic rings. The minimum atomic E-state index is -0.608. The van der Waals surface area contributed by atoms with E-state index in [9.17, 15) is 19.7 Å². The van der Waals surface area contributed by atoms with Gasteiger partial charge in [0.1, 0.15) is 17.2 Å². The third-order valence-corrected chi connectivity index (χ3v) is 4.84. The molecule has 2 amide bonds. The molecule has 0 aliphatic heterocycles. The van der Waals surface area contributed by atoms with E-state index in [1.54, 1.807) is 36.4 Å². The van der Waals surface area contributed by atoms with Gasteiger partial charge in [-0.25, -0.2) is 0 Å². The van der Waals surface area contributed by atoms with Crippen LogP contribution in [0.3, 0.4) is 0 Å². The Kier molecular flexibility index (Phi) is 7.60. The number of anilines is 1. The van der Waals surface area contributed by atoms with Gasteiger partial charge >= 0.3 is 0 Å². The summed E-state index contributed by atoms with van der Waals surface area (Å²) < 4.78 is 10.5. The van der Waals surface area contributed by atoms with Crippen molar-refractivity contribution in [2.45, 2.75) is 6.92 Å². The lowest BCUT2D eigenvalue weighted by Crippen LogP contribution is -2.30. The summed E-state index contributed by atoms with van der Waals surface area (Å²) in [4.78, 5) is 36.4. The van der Waals surface area contributed by atoms with Gasteiger partial charge in [0.25, 0.3) is 17.5 Å². The maximum atomic E-state index is 13.2. The Balaban J connectivity index is 1.94. The van der Waals surface area contributed by atoms with Crippen LogP contribution < -0.4 is 20.1 Å². The molecule has 0 radical (unpaired) electrons. The highest BCUT2D eigenvalue weighted by Crippen LogP contribution is 2.29. The van der Waals surface area contributed by atoms with Crippen molar-refractivity contribution in [2.75, 3.05) is 19.5 Å². The maximum Gasteiger partial charge on any atom is 0.272 e. The maximum absolute atomic E-state index is 13.2. The molecule has 2 N–H and O–H groups in total. The van der Waals surface area contributed by atoms with Crippen LogP contribution in [0.5, 0.6) is 11.5 Å². The predicted octanol–water partition coefficient (Wildman–Crippen LogP) is 4.33. The van der Waals surface area contributed by atoms with Crippen molar-refractivity contribution in [3.8, 4) is 11.5 Å². The Morgan fingerprint density at radius 1 is 0.971 bits per heavy atom. The van der Waals surface area contributed by atoms with Gasteiger partial charge in [-0.3, -0.25) is 19.7 Å². The number of hydrogen-bond acceptors (Lipinski definition) is 6. The number of hydrogen-bond donors (Lipinski definition) is 2. The van der Waals surface area contributed by atoms with Crippen molar-refractivity contribution < 1.29 is 24.0 Å². The second kappa shape index (κ2) is 10.8. The Morgan fingerprint density at radius 3 is 2.32 bits per heavy atom. The van der Waals surface area contributed by atoms with Crippen molar-refractivity contribution in [1.82, 2.24) is 5.32 Å². The van der Waals surface area contributed by atoms with E-state index in [-0.39, 0.29) is 11.4 Å². The molecule has 3 rings (SSSR count). The molecule has 0 heterocycles. The standard InChI is InChI=1S/C25H23N3O6/c1-16-5-4-6-18(13-16)24(29)27-22(14-17-7-9-19(10-8-17)28(31)32)25(30)26-21-12-11-20(33-2)15-23(21)34-3/h4-15H,1-3H3,(H,26,30)(H,27,29). The summed E-state index contributed by atoms with van der Waals surface area (Å²) in [6.07, 6.45) is 1.43. The van der Waals surface area contributed by atoms with Crippen LogP contribution in [0.2, 0.25) is 0 Å². The van der Waals surface area contributed by atoms with E-state index in [1.165, 1.54) is 44.6 Å². The lowest BCUT2D eigenvalue weighted by Gasteiger charge is -2.14. The van der Waals surface area contributed by atoms with Crippen LogP contribution in [0.25, 0.3) is 6.08 Å². The summed E-state index contributed by atoms with van der Waals surface area (Å²) in [6, 6.07) is 17.4. The molecule has 0 unspecified atom stereocenters. The van der Waals surface area contributed by atoms with E-state index < -0.39 is 16.7 Å². The van der Waals surface area contributed by atoms with Crippen LogP contribution in [-0.4, -0.2) is 31.0 Å². The quantitative estimate of drug-likeness (QED) is 0.293. The van der Waals surface area contributed by atoms with Crippen LogP contribution in [0.15, 0.2) is 72.4 Å². The second-order valence-corrected chi connectivity index (χ2v) is 7.25. The summed E-state index contributed by atoms with van der Waals surface area (Å²) in [5.41, 5.74) is 1.98. The fourth-order valence-corrected chi connectivity index (χ4v) is 3.09. The lowest BCUT2D eigenvalue weighted by molar-refractivity contribution is -0.384. The van der Waals surface area contributed by atoms with Crippen LogP contribution in [-0.2, 0) is 4.79 Å². The molecule has 0 aromatic heterocycles. The number of nitro benzene ring substituents is 1. The first-order chi connectivity index (χ1) is 16.3. The lowest BCUT2D eigenvalue weighted by atomic mass is 10.1. The molecule has 0 aliphatic carbocycles. The van der Waals surface area contributed by atoms with Gasteiger partial charge in [0.05, 0.1) is 24.8 Å². The molecule has 34 heavy (non-hydrogen) atoms. The van der Waals surface area contributed by atoms with E-state index in [2.05, 4.69) is 10.6 Å². The predicted molar refractivity (Wildman–Crippen MR) is 128 cm³/mol. The summed E-state index contributed by atoms with van der Waals surface area (Å²) in [6.45, 7) is 1.85. The monoisotopic (exact) mass is 461 g/mol. The average molecular weight is 461 g/mol. The van der Waals surface area contributed by atoms with Crippen LogP contribution in [0.4, 0.5) is 11.4 Å². The van der Waals surface area contributed by atoms with Crippen molar-refractivity contribution in [3.05, 3.63) is 99.2 Å². The van der Waals surface area contributed by atoms with Crippen molar-refractivity contribution in [2.24, 2.45) is 0 Å². The molecule has 9 heteroatoms. The summed E-state index contributed by atoms with van der Waals surface area (Å²) in [7, 11) is 2.97. The summed E-state index contributed by atoms with van der Waals surface area (Å²) in [5.74, 6) is -0.173. The van der Waals surface area contributed by atoms with Gasteiger partial charge < -0.3 is 20.1 Å². The number of amides is 2. The van der Waals surface area contributed by atoms with E-state index in [4.69, 9.17) is 9.47 Å². The Labute approximate surface area is 196 Å². The zero-order valence-corrected chi connectivity index (χ0v) is 18.8. The number of carbonyl (C=O) groups is 2. The molecule has 3 aromatic carbocycles. The van der Waals surface area contributed by atoms with E-state index >= 15 is 0 Å². The fraction of sp³-hybridized carbons (Fsp3) is 0.120. The fourth-order valence-electron chi connectivity index (χ4n) is 3.09. The van der Waals surface area contributed by atoms with Gasteiger partial charge in [-0.15, -0.1) is 0 Å². The topological polar surface area (TPSA) is 120 Å². The first kappa shape index (κ1) is 24.0. The molecule has 9 nitrogen and oxygen atoms in total.